The minimum absolute atomic E-state index is 0.0662. The third-order valence-electron chi connectivity index (χ3n) is 3.71. The Hall–Kier alpha value is -2.06. The zero-order valence-electron chi connectivity index (χ0n) is 14.9. The molecule has 1 radical (unpaired) electrons. The number of nitrogens with one attached hydrogen (secondary N) is 2. The van der Waals surface area contributed by atoms with Crippen molar-refractivity contribution in [1.29, 1.82) is 0 Å². The van der Waals surface area contributed by atoms with Crippen molar-refractivity contribution in [1.82, 2.24) is 10.6 Å². The Bertz CT molecular complexity index is 607. The van der Waals surface area contributed by atoms with Gasteiger partial charge in [0.2, 0.25) is 18.1 Å². The maximum Gasteiger partial charge on any atom is 0.244 e. The van der Waals surface area contributed by atoms with Gasteiger partial charge in [-0.15, -0.1) is 0 Å². The van der Waals surface area contributed by atoms with Crippen LogP contribution in [-0.4, -0.2) is 47.1 Å². The summed E-state index contributed by atoms with van der Waals surface area (Å²) in [5.41, 5.74) is 6.56. The van der Waals surface area contributed by atoms with Crippen molar-refractivity contribution < 1.29 is 19.5 Å². The highest BCUT2D eigenvalue weighted by Crippen LogP contribution is 2.11. The van der Waals surface area contributed by atoms with Crippen LogP contribution in [0.5, 0.6) is 5.75 Å². The summed E-state index contributed by atoms with van der Waals surface area (Å²) in [5.74, 6) is -0.537. The van der Waals surface area contributed by atoms with Gasteiger partial charge < -0.3 is 21.5 Å². The largest absolute Gasteiger partial charge is 0.508 e. The van der Waals surface area contributed by atoms with Gasteiger partial charge >= 0.3 is 0 Å². The van der Waals surface area contributed by atoms with Crippen LogP contribution >= 0.6 is 12.6 Å². The van der Waals surface area contributed by atoms with E-state index < -0.39 is 29.9 Å². The highest BCUT2D eigenvalue weighted by molar-refractivity contribution is 7.80. The second-order valence-corrected chi connectivity index (χ2v) is 6.89. The highest BCUT2D eigenvalue weighted by Gasteiger charge is 2.25. The summed E-state index contributed by atoms with van der Waals surface area (Å²) in [6, 6.07) is 3.78. The maximum absolute atomic E-state index is 12.3. The van der Waals surface area contributed by atoms with Crippen LogP contribution in [0.25, 0.3) is 0 Å². The van der Waals surface area contributed by atoms with E-state index in [1.807, 2.05) is 13.8 Å². The Kier molecular flexibility index (Phi) is 9.15. The van der Waals surface area contributed by atoms with Crippen LogP contribution in [0.2, 0.25) is 0 Å². The van der Waals surface area contributed by atoms with Crippen LogP contribution in [0.15, 0.2) is 24.3 Å². The number of nitrogens with two attached hydrogens (primary N) is 1. The Balaban J connectivity index is 2.64. The number of rotatable bonds is 10. The van der Waals surface area contributed by atoms with Gasteiger partial charge in [0.05, 0.1) is 12.1 Å². The summed E-state index contributed by atoms with van der Waals surface area (Å²) >= 11 is 4.09. The van der Waals surface area contributed by atoms with E-state index in [4.69, 9.17) is 5.73 Å². The molecule has 0 aromatic heterocycles. The number of phenolic OH excluding ortho intramolecular Hbond substituents is 1. The summed E-state index contributed by atoms with van der Waals surface area (Å²) in [6.45, 7) is 3.90. The number of hydrogen-bond donors (Lipinski definition) is 5. The van der Waals surface area contributed by atoms with Crippen molar-refractivity contribution in [2.45, 2.75) is 44.8 Å². The average molecular weight is 380 g/mol. The molecule has 1 aromatic carbocycles. The second-order valence-electron chi connectivity index (χ2n) is 6.53. The summed E-state index contributed by atoms with van der Waals surface area (Å²) in [6.07, 6.45) is 2.49. The van der Waals surface area contributed by atoms with Gasteiger partial charge in [-0.2, -0.15) is 12.6 Å². The number of phenols is 1. The Morgan fingerprint density at radius 1 is 1.19 bits per heavy atom. The molecule has 0 fully saturated rings. The fourth-order valence-corrected chi connectivity index (χ4v) is 2.61. The fraction of sp³-hybridized carbons (Fsp3) is 0.500. The third kappa shape index (κ3) is 7.45. The van der Waals surface area contributed by atoms with E-state index in [2.05, 4.69) is 23.3 Å². The maximum atomic E-state index is 12.3. The summed E-state index contributed by atoms with van der Waals surface area (Å²) < 4.78 is 0. The van der Waals surface area contributed by atoms with Gasteiger partial charge in [0.15, 0.2) is 0 Å². The van der Waals surface area contributed by atoms with E-state index in [-0.39, 0.29) is 23.8 Å². The lowest BCUT2D eigenvalue weighted by molar-refractivity contribution is -0.129. The molecule has 0 aliphatic carbocycles. The zero-order chi connectivity index (χ0) is 19.7. The van der Waals surface area contributed by atoms with Crippen LogP contribution in [0, 0.1) is 5.92 Å². The molecule has 0 aliphatic rings. The minimum Gasteiger partial charge on any atom is -0.508 e. The Labute approximate surface area is 159 Å². The van der Waals surface area contributed by atoms with Crippen molar-refractivity contribution in [3.05, 3.63) is 29.8 Å². The van der Waals surface area contributed by atoms with Crippen molar-refractivity contribution in [3.63, 3.8) is 0 Å². The number of carbonyl (C=O) groups excluding carboxylic acids is 3. The van der Waals surface area contributed by atoms with Crippen molar-refractivity contribution in [3.8, 4) is 5.75 Å². The molecular formula is C18H26N3O4S. The molecule has 0 bridgehead atoms. The van der Waals surface area contributed by atoms with Crippen LogP contribution < -0.4 is 16.4 Å². The lowest BCUT2D eigenvalue weighted by Crippen LogP contribution is -2.54. The SMILES string of the molecule is CC(C)C[C@H](N)C(=O)N[C@@H](CS)C(=O)N[C@H]([C]=O)Cc1ccc(O)cc1. The summed E-state index contributed by atoms with van der Waals surface area (Å²) in [5, 5.41) is 14.4. The molecule has 1 rings (SSSR count). The van der Waals surface area contributed by atoms with Crippen molar-refractivity contribution in [2.75, 3.05) is 5.75 Å². The molecule has 1 aromatic rings. The van der Waals surface area contributed by atoms with Gasteiger partial charge in [-0.25, -0.2) is 0 Å². The highest BCUT2D eigenvalue weighted by atomic mass is 32.1. The summed E-state index contributed by atoms with van der Waals surface area (Å²) in [4.78, 5) is 35.6. The lowest BCUT2D eigenvalue weighted by atomic mass is 10.0. The normalized spacial score (nSPS) is 14.3. The fourth-order valence-electron chi connectivity index (χ4n) is 2.35. The Morgan fingerprint density at radius 2 is 1.81 bits per heavy atom. The van der Waals surface area contributed by atoms with E-state index in [1.54, 1.807) is 18.4 Å². The molecule has 0 saturated heterocycles. The van der Waals surface area contributed by atoms with E-state index in [0.29, 0.717) is 6.42 Å². The van der Waals surface area contributed by atoms with Gasteiger partial charge in [-0.05, 0) is 30.0 Å². The molecule has 8 heteroatoms. The van der Waals surface area contributed by atoms with E-state index in [0.717, 1.165) is 5.56 Å². The number of amides is 2. The molecular weight excluding hydrogens is 354 g/mol. The molecule has 0 saturated carbocycles. The summed E-state index contributed by atoms with van der Waals surface area (Å²) in [7, 11) is 0. The zero-order valence-corrected chi connectivity index (χ0v) is 15.8. The van der Waals surface area contributed by atoms with E-state index in [9.17, 15) is 19.5 Å². The molecule has 0 unspecified atom stereocenters. The minimum atomic E-state index is -0.903. The first kappa shape index (κ1) is 22.0. The standard InChI is InChI=1S/C18H26N3O4S/c1-11(2)7-15(19)17(24)21-16(10-26)18(25)20-13(9-22)8-12-3-5-14(23)6-4-12/h3-6,11,13,15-16,23,26H,7-8,10,19H2,1-2H3,(H,20,25)(H,21,24)/t13-,15-,16-/m0/s1. The Morgan fingerprint density at radius 3 is 2.31 bits per heavy atom. The molecule has 7 nitrogen and oxygen atoms in total. The van der Waals surface area contributed by atoms with E-state index >= 15 is 0 Å². The van der Waals surface area contributed by atoms with Crippen LogP contribution in [-0.2, 0) is 20.8 Å². The monoisotopic (exact) mass is 380 g/mol. The second kappa shape index (κ2) is 10.8. The molecule has 0 spiro atoms. The lowest BCUT2D eigenvalue weighted by Gasteiger charge is -2.21. The first-order chi connectivity index (χ1) is 12.3. The number of aromatic hydroxyl groups is 1. The number of benzene rings is 1. The quantitative estimate of drug-likeness (QED) is 0.374. The van der Waals surface area contributed by atoms with Gasteiger partial charge in [-0.3, -0.25) is 14.4 Å². The molecule has 143 valence electrons. The van der Waals surface area contributed by atoms with Crippen LogP contribution in [0.3, 0.4) is 0 Å². The molecule has 3 atom stereocenters. The first-order valence-electron chi connectivity index (χ1n) is 8.39. The number of carbonyl (C=O) groups is 2. The van der Waals surface area contributed by atoms with Crippen molar-refractivity contribution >= 4 is 30.7 Å². The third-order valence-corrected chi connectivity index (χ3v) is 4.08. The average Bonchev–Trinajstić information content (AvgIpc) is 2.59. The van der Waals surface area contributed by atoms with Gasteiger partial charge in [0.1, 0.15) is 11.8 Å². The predicted octanol–water partition coefficient (Wildman–Crippen LogP) is 0.317. The smallest absolute Gasteiger partial charge is 0.244 e. The van der Waals surface area contributed by atoms with Crippen molar-refractivity contribution in [2.24, 2.45) is 11.7 Å². The molecule has 0 aliphatic heterocycles. The van der Waals surface area contributed by atoms with Crippen LogP contribution in [0.4, 0.5) is 0 Å². The number of hydrogen-bond acceptors (Lipinski definition) is 6. The van der Waals surface area contributed by atoms with Gasteiger partial charge in [0, 0.05) is 12.2 Å². The van der Waals surface area contributed by atoms with Gasteiger partial charge in [-0.1, -0.05) is 26.0 Å². The molecule has 26 heavy (non-hydrogen) atoms. The van der Waals surface area contributed by atoms with E-state index in [1.165, 1.54) is 12.1 Å². The predicted molar refractivity (Wildman–Crippen MR) is 103 cm³/mol. The first-order valence-corrected chi connectivity index (χ1v) is 9.02. The topological polar surface area (TPSA) is 122 Å². The molecule has 5 N–H and O–H groups in total. The van der Waals surface area contributed by atoms with Gasteiger partial charge in [0.25, 0.3) is 0 Å². The van der Waals surface area contributed by atoms with Crippen LogP contribution in [0.1, 0.15) is 25.8 Å². The molecule has 0 heterocycles. The number of thiol groups is 1. The molecule has 2 amide bonds.